The number of rotatable bonds is 6. The number of benzene rings is 1. The summed E-state index contributed by atoms with van der Waals surface area (Å²) in [6.07, 6.45) is 0. The highest BCUT2D eigenvalue weighted by molar-refractivity contribution is 6.31. The van der Waals surface area contributed by atoms with Crippen molar-refractivity contribution in [1.82, 2.24) is 10.2 Å². The van der Waals surface area contributed by atoms with E-state index in [1.807, 2.05) is 0 Å². The molecule has 0 fully saturated rings. The zero-order chi connectivity index (χ0) is 17.1. The van der Waals surface area contributed by atoms with E-state index in [2.05, 4.69) is 20.8 Å². The van der Waals surface area contributed by atoms with Crippen LogP contribution >= 0.6 is 0 Å². The molecule has 1 aliphatic rings. The number of nitrogens with zero attached hydrogens (tertiary/aromatic N) is 2. The lowest BCUT2D eigenvalue weighted by molar-refractivity contribution is 0.0979. The molecular formula is C16H18N6O2. The van der Waals surface area contributed by atoms with E-state index in [1.165, 1.54) is 0 Å². The van der Waals surface area contributed by atoms with Gasteiger partial charge in [-0.2, -0.15) is 0 Å². The Morgan fingerprint density at radius 2 is 1.21 bits per heavy atom. The fourth-order valence-electron chi connectivity index (χ4n) is 2.66. The van der Waals surface area contributed by atoms with Crippen LogP contribution in [-0.2, 0) is 0 Å². The summed E-state index contributed by atoms with van der Waals surface area (Å²) in [6.45, 7) is 1.56. The summed E-state index contributed by atoms with van der Waals surface area (Å²) in [5, 5.41) is 14.0. The molecular weight excluding hydrogens is 308 g/mol. The van der Waals surface area contributed by atoms with Gasteiger partial charge in [-0.05, 0) is 0 Å². The largest absolute Gasteiger partial charge is 0.367 e. The Labute approximate surface area is 138 Å². The van der Waals surface area contributed by atoms with Gasteiger partial charge in [-0.25, -0.2) is 0 Å². The van der Waals surface area contributed by atoms with Crippen LogP contribution in [0.15, 0.2) is 24.3 Å². The minimum atomic E-state index is -0.259. The van der Waals surface area contributed by atoms with Crippen LogP contribution in [0.1, 0.15) is 31.8 Å². The van der Waals surface area contributed by atoms with Crippen molar-refractivity contribution in [2.75, 3.05) is 36.8 Å². The highest BCUT2D eigenvalue weighted by Crippen LogP contribution is 2.33. The van der Waals surface area contributed by atoms with Crippen molar-refractivity contribution in [3.05, 3.63) is 46.5 Å². The molecule has 0 spiro atoms. The maximum absolute atomic E-state index is 12.9. The van der Waals surface area contributed by atoms with Gasteiger partial charge in [0.2, 0.25) is 0 Å². The zero-order valence-corrected chi connectivity index (χ0v) is 13.0. The molecule has 124 valence electrons. The normalized spacial score (nSPS) is 12.6. The van der Waals surface area contributed by atoms with Crippen molar-refractivity contribution in [1.29, 1.82) is 0 Å². The molecule has 0 radical (unpaired) electrons. The first-order valence-electron chi connectivity index (χ1n) is 7.66. The van der Waals surface area contributed by atoms with Gasteiger partial charge in [-0.15, -0.1) is 10.2 Å². The van der Waals surface area contributed by atoms with E-state index < -0.39 is 0 Å². The van der Waals surface area contributed by atoms with E-state index in [4.69, 9.17) is 11.5 Å². The van der Waals surface area contributed by atoms with Crippen LogP contribution in [0.3, 0.4) is 0 Å². The van der Waals surface area contributed by atoms with E-state index in [0.717, 1.165) is 0 Å². The van der Waals surface area contributed by atoms with Crippen LogP contribution in [0.4, 0.5) is 11.6 Å². The molecule has 1 heterocycles. The Morgan fingerprint density at radius 3 is 1.58 bits per heavy atom. The summed E-state index contributed by atoms with van der Waals surface area (Å²) in [7, 11) is 0. The molecule has 24 heavy (non-hydrogen) atoms. The van der Waals surface area contributed by atoms with Crippen LogP contribution in [0.25, 0.3) is 0 Å². The molecule has 1 aromatic heterocycles. The van der Waals surface area contributed by atoms with E-state index >= 15 is 0 Å². The monoisotopic (exact) mass is 326 g/mol. The number of aromatic nitrogens is 2. The maximum atomic E-state index is 12.9. The molecule has 6 N–H and O–H groups in total. The molecule has 0 unspecified atom stereocenters. The van der Waals surface area contributed by atoms with Crippen molar-refractivity contribution >= 4 is 23.2 Å². The van der Waals surface area contributed by atoms with Gasteiger partial charge in [0.05, 0.1) is 11.1 Å². The third-order valence-electron chi connectivity index (χ3n) is 3.72. The predicted octanol–water partition coefficient (Wildman–Crippen LogP) is -0.00680. The molecule has 0 saturated heterocycles. The van der Waals surface area contributed by atoms with Crippen molar-refractivity contribution in [3.63, 3.8) is 0 Å². The Kier molecular flexibility index (Phi) is 4.50. The van der Waals surface area contributed by atoms with E-state index in [-0.39, 0.29) is 34.3 Å². The van der Waals surface area contributed by atoms with Crippen LogP contribution < -0.4 is 22.1 Å². The lowest BCUT2D eigenvalue weighted by atomic mass is 9.84. The number of carbonyl (C=O) groups is 2. The second-order valence-electron chi connectivity index (χ2n) is 5.28. The molecule has 1 aliphatic carbocycles. The van der Waals surface area contributed by atoms with Crippen molar-refractivity contribution in [2.45, 2.75) is 0 Å². The van der Waals surface area contributed by atoms with E-state index in [0.29, 0.717) is 37.3 Å². The number of anilines is 2. The molecule has 0 amide bonds. The van der Waals surface area contributed by atoms with Gasteiger partial charge in [0.1, 0.15) is 0 Å². The molecule has 0 bridgehead atoms. The first kappa shape index (κ1) is 16.0. The number of carbonyl (C=O) groups excluding carboxylic acids is 2. The van der Waals surface area contributed by atoms with Crippen molar-refractivity contribution in [3.8, 4) is 0 Å². The summed E-state index contributed by atoms with van der Waals surface area (Å²) in [5.41, 5.74) is 12.2. The minimum absolute atomic E-state index is 0.224. The SMILES string of the molecule is NCCNc1nnc(NCCN)c2c1C(=O)c1ccccc1C2=O. The molecule has 0 aliphatic heterocycles. The third kappa shape index (κ3) is 2.61. The lowest BCUT2D eigenvalue weighted by Gasteiger charge is -2.21. The van der Waals surface area contributed by atoms with Gasteiger partial charge in [0, 0.05) is 37.3 Å². The first-order chi connectivity index (χ1) is 11.7. The molecule has 8 heteroatoms. The summed E-state index contributed by atoms with van der Waals surface area (Å²) in [5.74, 6) is 0.0130. The van der Waals surface area contributed by atoms with Gasteiger partial charge < -0.3 is 22.1 Å². The quantitative estimate of drug-likeness (QED) is 0.497. The second kappa shape index (κ2) is 6.73. The van der Waals surface area contributed by atoms with Gasteiger partial charge in [0.15, 0.2) is 23.2 Å². The molecule has 2 aromatic rings. The first-order valence-corrected chi connectivity index (χ1v) is 7.66. The number of ketones is 2. The highest BCUT2D eigenvalue weighted by Gasteiger charge is 2.35. The Morgan fingerprint density at radius 1 is 0.792 bits per heavy atom. The van der Waals surface area contributed by atoms with E-state index in [9.17, 15) is 9.59 Å². The van der Waals surface area contributed by atoms with Crippen LogP contribution in [0.2, 0.25) is 0 Å². The van der Waals surface area contributed by atoms with Gasteiger partial charge in [-0.1, -0.05) is 24.3 Å². The molecule has 3 rings (SSSR count). The summed E-state index contributed by atoms with van der Waals surface area (Å²) >= 11 is 0. The van der Waals surface area contributed by atoms with Gasteiger partial charge in [-0.3, -0.25) is 9.59 Å². The lowest BCUT2D eigenvalue weighted by Crippen LogP contribution is -2.27. The van der Waals surface area contributed by atoms with Crippen molar-refractivity contribution < 1.29 is 9.59 Å². The number of fused-ring (bicyclic) bond motifs is 2. The summed E-state index contributed by atoms with van der Waals surface area (Å²) in [6, 6.07) is 6.73. The van der Waals surface area contributed by atoms with Gasteiger partial charge >= 0.3 is 0 Å². The third-order valence-corrected chi connectivity index (χ3v) is 3.72. The number of hydrogen-bond acceptors (Lipinski definition) is 8. The molecule has 0 atom stereocenters. The fraction of sp³-hybridized carbons (Fsp3) is 0.250. The second-order valence-corrected chi connectivity index (χ2v) is 5.28. The Balaban J connectivity index is 2.18. The maximum Gasteiger partial charge on any atom is 0.198 e. The van der Waals surface area contributed by atoms with Crippen LogP contribution in [-0.4, -0.2) is 47.9 Å². The topological polar surface area (TPSA) is 136 Å². The summed E-state index contributed by atoms with van der Waals surface area (Å²) in [4.78, 5) is 25.8. The average molecular weight is 326 g/mol. The predicted molar refractivity (Wildman–Crippen MR) is 90.4 cm³/mol. The minimum Gasteiger partial charge on any atom is -0.367 e. The molecule has 8 nitrogen and oxygen atoms in total. The van der Waals surface area contributed by atoms with Crippen LogP contribution in [0, 0.1) is 0 Å². The smallest absolute Gasteiger partial charge is 0.198 e. The molecule has 1 aromatic carbocycles. The Hall–Kier alpha value is -2.84. The van der Waals surface area contributed by atoms with Crippen molar-refractivity contribution in [2.24, 2.45) is 11.5 Å². The number of hydrogen-bond donors (Lipinski definition) is 4. The molecule has 0 saturated carbocycles. The number of nitrogens with one attached hydrogen (secondary N) is 2. The summed E-state index contributed by atoms with van der Waals surface area (Å²) < 4.78 is 0. The average Bonchev–Trinajstić information content (AvgIpc) is 2.62. The van der Waals surface area contributed by atoms with E-state index in [1.54, 1.807) is 24.3 Å². The standard InChI is InChI=1S/C16H18N6O2/c17-5-7-19-15-11-12(16(22-21-15)20-8-6-18)14(24)10-4-2-1-3-9(10)13(11)23/h1-4H,5-8,17-18H2,(H,19,21)(H,20,22). The Bertz CT molecular complexity index is 739. The number of nitrogens with two attached hydrogens (primary N) is 2. The van der Waals surface area contributed by atoms with Gasteiger partial charge in [0.25, 0.3) is 0 Å². The fourth-order valence-corrected chi connectivity index (χ4v) is 2.66. The highest BCUT2D eigenvalue weighted by atomic mass is 16.1. The zero-order valence-electron chi connectivity index (χ0n) is 13.0. The van der Waals surface area contributed by atoms with Crippen LogP contribution in [0.5, 0.6) is 0 Å².